The normalized spacial score (nSPS) is 13.5. The number of halogens is 1. The van der Waals surface area contributed by atoms with E-state index in [1.807, 2.05) is 6.07 Å². The van der Waals surface area contributed by atoms with E-state index in [1.54, 1.807) is 7.11 Å². The van der Waals surface area contributed by atoms with E-state index in [4.69, 9.17) is 16.3 Å². The van der Waals surface area contributed by atoms with Crippen molar-refractivity contribution in [1.29, 1.82) is 0 Å². The van der Waals surface area contributed by atoms with Gasteiger partial charge in [-0.3, -0.25) is 0 Å². The Bertz CT molecular complexity index is 417. The molecule has 3 heteroatoms. The van der Waals surface area contributed by atoms with Gasteiger partial charge in [0, 0.05) is 18.2 Å². The van der Waals surface area contributed by atoms with E-state index in [0.717, 1.165) is 36.4 Å². The van der Waals surface area contributed by atoms with Crippen molar-refractivity contribution >= 4 is 11.6 Å². The van der Waals surface area contributed by atoms with Gasteiger partial charge in [-0.2, -0.15) is 0 Å². The highest BCUT2D eigenvalue weighted by atomic mass is 35.5. The van der Waals surface area contributed by atoms with Crippen LogP contribution in [-0.4, -0.2) is 19.3 Å². The van der Waals surface area contributed by atoms with Crippen molar-refractivity contribution in [1.82, 2.24) is 5.32 Å². The lowest BCUT2D eigenvalue weighted by Crippen LogP contribution is -2.28. The smallest absolute Gasteiger partial charge is 0.0623 e. The molecule has 1 rings (SSSR count). The summed E-state index contributed by atoms with van der Waals surface area (Å²) < 4.78 is 5.52. The Hall–Kier alpha value is -0.570. The lowest BCUT2D eigenvalue weighted by molar-refractivity contribution is 0.0117. The number of nitrogens with one attached hydrogen (secondary N) is 1. The van der Waals surface area contributed by atoms with Crippen LogP contribution in [0.15, 0.2) is 18.2 Å². The van der Waals surface area contributed by atoms with E-state index >= 15 is 0 Å². The number of aryl methyl sites for hydroxylation is 1. The van der Waals surface area contributed by atoms with Gasteiger partial charge in [-0.1, -0.05) is 30.7 Å². The Morgan fingerprint density at radius 3 is 2.60 bits per heavy atom. The molecule has 0 heterocycles. The zero-order valence-corrected chi connectivity index (χ0v) is 14.2. The number of methoxy groups -OCH3 is 1. The summed E-state index contributed by atoms with van der Waals surface area (Å²) in [6.07, 6.45) is 3.21. The second-order valence-electron chi connectivity index (χ2n) is 6.02. The zero-order chi connectivity index (χ0) is 15.2. The highest BCUT2D eigenvalue weighted by molar-refractivity contribution is 6.31. The highest BCUT2D eigenvalue weighted by Gasteiger charge is 2.20. The summed E-state index contributed by atoms with van der Waals surface area (Å²) in [5.41, 5.74) is 2.37. The highest BCUT2D eigenvalue weighted by Crippen LogP contribution is 2.27. The van der Waals surface area contributed by atoms with E-state index in [2.05, 4.69) is 45.1 Å². The van der Waals surface area contributed by atoms with E-state index in [0.29, 0.717) is 6.04 Å². The summed E-state index contributed by atoms with van der Waals surface area (Å²) in [4.78, 5) is 0. The summed E-state index contributed by atoms with van der Waals surface area (Å²) in [5, 5.41) is 4.46. The number of hydrogen-bond acceptors (Lipinski definition) is 2. The van der Waals surface area contributed by atoms with Crippen LogP contribution in [0.3, 0.4) is 0 Å². The molecule has 0 aliphatic carbocycles. The first-order valence-electron chi connectivity index (χ1n) is 7.44. The average Bonchev–Trinajstić information content (AvgIpc) is 2.42. The van der Waals surface area contributed by atoms with Gasteiger partial charge in [-0.15, -0.1) is 0 Å². The predicted molar refractivity (Wildman–Crippen MR) is 87.5 cm³/mol. The van der Waals surface area contributed by atoms with Crippen LogP contribution in [0, 0.1) is 6.92 Å². The predicted octanol–water partition coefficient (Wildman–Crippen LogP) is 4.89. The van der Waals surface area contributed by atoms with Gasteiger partial charge in [0.05, 0.1) is 5.60 Å². The molecule has 0 aliphatic rings. The van der Waals surface area contributed by atoms with Gasteiger partial charge in [-0.05, 0) is 63.8 Å². The van der Waals surface area contributed by atoms with Crippen LogP contribution in [0.5, 0.6) is 0 Å². The Labute approximate surface area is 128 Å². The van der Waals surface area contributed by atoms with Gasteiger partial charge >= 0.3 is 0 Å². The summed E-state index contributed by atoms with van der Waals surface area (Å²) in [7, 11) is 1.78. The van der Waals surface area contributed by atoms with E-state index in [-0.39, 0.29) is 5.60 Å². The molecule has 0 amide bonds. The second kappa shape index (κ2) is 8.02. The molecule has 1 N–H and O–H groups in total. The van der Waals surface area contributed by atoms with Crippen LogP contribution in [0.2, 0.25) is 5.02 Å². The molecule has 114 valence electrons. The molecule has 20 heavy (non-hydrogen) atoms. The van der Waals surface area contributed by atoms with Crippen molar-refractivity contribution in [2.24, 2.45) is 0 Å². The molecule has 1 aromatic carbocycles. The molecule has 1 atom stereocenters. The van der Waals surface area contributed by atoms with Crippen LogP contribution in [0.25, 0.3) is 0 Å². The third-order valence-corrected chi connectivity index (χ3v) is 4.24. The Kier molecular flexibility index (Phi) is 7.01. The van der Waals surface area contributed by atoms with Gasteiger partial charge in [-0.25, -0.2) is 0 Å². The molecule has 0 fully saturated rings. The summed E-state index contributed by atoms with van der Waals surface area (Å²) in [5.74, 6) is 0. The van der Waals surface area contributed by atoms with Crippen LogP contribution in [0.4, 0.5) is 0 Å². The Balaban J connectivity index is 2.79. The fourth-order valence-corrected chi connectivity index (χ4v) is 2.30. The molecule has 0 saturated carbocycles. The minimum absolute atomic E-state index is 0.0758. The Morgan fingerprint density at radius 2 is 2.05 bits per heavy atom. The maximum Gasteiger partial charge on any atom is 0.0623 e. The van der Waals surface area contributed by atoms with Crippen LogP contribution in [-0.2, 0) is 4.74 Å². The topological polar surface area (TPSA) is 21.3 Å². The number of benzene rings is 1. The van der Waals surface area contributed by atoms with Crippen molar-refractivity contribution in [3.05, 3.63) is 34.3 Å². The van der Waals surface area contributed by atoms with Crippen molar-refractivity contribution in [3.8, 4) is 0 Å². The van der Waals surface area contributed by atoms with Gasteiger partial charge in [0.2, 0.25) is 0 Å². The molecule has 0 spiro atoms. The average molecular weight is 298 g/mol. The molecule has 0 saturated heterocycles. The van der Waals surface area contributed by atoms with Crippen LogP contribution < -0.4 is 5.32 Å². The monoisotopic (exact) mass is 297 g/mol. The third-order valence-electron chi connectivity index (χ3n) is 3.81. The van der Waals surface area contributed by atoms with Crippen LogP contribution in [0.1, 0.15) is 57.2 Å². The third kappa shape index (κ3) is 5.43. The minimum atomic E-state index is -0.0758. The first kappa shape index (κ1) is 17.5. The SMILES string of the molecule is CCCNC(CCC(C)(C)OC)c1ccc(Cl)c(C)c1. The molecular formula is C17H28ClNO. The molecule has 2 nitrogen and oxygen atoms in total. The number of hydrogen-bond donors (Lipinski definition) is 1. The van der Waals surface area contributed by atoms with Gasteiger partial charge in [0.25, 0.3) is 0 Å². The first-order chi connectivity index (χ1) is 9.39. The van der Waals surface area contributed by atoms with Crippen molar-refractivity contribution in [3.63, 3.8) is 0 Å². The minimum Gasteiger partial charge on any atom is -0.379 e. The second-order valence-corrected chi connectivity index (χ2v) is 6.43. The van der Waals surface area contributed by atoms with E-state index in [1.165, 1.54) is 5.56 Å². The lowest BCUT2D eigenvalue weighted by Gasteiger charge is -2.27. The van der Waals surface area contributed by atoms with Crippen molar-refractivity contribution < 1.29 is 4.74 Å². The maximum absolute atomic E-state index is 6.12. The largest absolute Gasteiger partial charge is 0.379 e. The molecule has 0 bridgehead atoms. The summed E-state index contributed by atoms with van der Waals surface area (Å²) in [6, 6.07) is 6.67. The quantitative estimate of drug-likeness (QED) is 0.737. The van der Waals surface area contributed by atoms with Gasteiger partial charge in [0.15, 0.2) is 0 Å². The molecule has 0 radical (unpaired) electrons. The zero-order valence-electron chi connectivity index (χ0n) is 13.4. The van der Waals surface area contributed by atoms with Gasteiger partial charge in [0.1, 0.15) is 0 Å². The lowest BCUT2D eigenvalue weighted by atomic mass is 9.94. The summed E-state index contributed by atoms with van der Waals surface area (Å²) in [6.45, 7) is 9.55. The molecular weight excluding hydrogens is 270 g/mol. The fourth-order valence-electron chi connectivity index (χ4n) is 2.18. The van der Waals surface area contributed by atoms with E-state index in [9.17, 15) is 0 Å². The first-order valence-corrected chi connectivity index (χ1v) is 7.82. The molecule has 1 unspecified atom stereocenters. The summed E-state index contributed by atoms with van der Waals surface area (Å²) >= 11 is 6.12. The van der Waals surface area contributed by atoms with Crippen molar-refractivity contribution in [2.45, 2.75) is 58.6 Å². The standard InChI is InChI=1S/C17H28ClNO/c1-6-11-19-16(9-10-17(3,4)20-5)14-7-8-15(18)13(2)12-14/h7-8,12,16,19H,6,9-11H2,1-5H3. The Morgan fingerprint density at radius 1 is 1.35 bits per heavy atom. The molecule has 1 aromatic rings. The van der Waals surface area contributed by atoms with Gasteiger partial charge < -0.3 is 10.1 Å². The fraction of sp³-hybridized carbons (Fsp3) is 0.647. The van der Waals surface area contributed by atoms with Crippen molar-refractivity contribution in [2.75, 3.05) is 13.7 Å². The number of ether oxygens (including phenoxy) is 1. The maximum atomic E-state index is 6.12. The van der Waals surface area contributed by atoms with Crippen LogP contribution >= 0.6 is 11.6 Å². The number of rotatable bonds is 8. The molecule has 0 aliphatic heterocycles. The van der Waals surface area contributed by atoms with E-state index < -0.39 is 0 Å². The molecule has 0 aromatic heterocycles.